The first-order valence-corrected chi connectivity index (χ1v) is 12.9. The molecule has 2 aromatic carbocycles. The van der Waals surface area contributed by atoms with Crippen molar-refractivity contribution in [2.75, 3.05) is 10.2 Å². The average Bonchev–Trinajstić information content (AvgIpc) is 3.09. The molecule has 1 aromatic heterocycles. The van der Waals surface area contributed by atoms with Gasteiger partial charge in [-0.1, -0.05) is 33.6 Å². The summed E-state index contributed by atoms with van der Waals surface area (Å²) in [6.07, 6.45) is 0.0842. The van der Waals surface area contributed by atoms with Crippen LogP contribution in [-0.2, 0) is 21.2 Å². The van der Waals surface area contributed by atoms with Gasteiger partial charge >= 0.3 is 6.03 Å². The van der Waals surface area contributed by atoms with Crippen LogP contribution in [0.2, 0.25) is 4.34 Å². The average molecular weight is 569 g/mol. The van der Waals surface area contributed by atoms with E-state index < -0.39 is 22.0 Å². The standard InChI is InChI=1S/C21H15BrClN3O5S2/c1-11-8-18(32-19(11)23)33(30,31)25-21(29)24-14-4-6-15(7-5-14)26-17(27)9-12-2-3-13(22)10-16(12)20(26)28/h2-8,10H,9H2,1H3,(H2,24,25,29). The Bertz CT molecular complexity index is 1380. The van der Waals surface area contributed by atoms with Gasteiger partial charge in [0.25, 0.3) is 15.9 Å². The Morgan fingerprint density at radius 2 is 1.82 bits per heavy atom. The molecular weight excluding hydrogens is 554 g/mol. The van der Waals surface area contributed by atoms with Crippen LogP contribution < -0.4 is 14.9 Å². The fourth-order valence-corrected chi connectivity index (χ4v) is 6.20. The molecule has 170 valence electrons. The summed E-state index contributed by atoms with van der Waals surface area (Å²) in [4.78, 5) is 38.7. The number of hydrogen-bond donors (Lipinski definition) is 2. The van der Waals surface area contributed by atoms with E-state index in [-0.39, 0.29) is 22.2 Å². The van der Waals surface area contributed by atoms with Gasteiger partial charge in [-0.3, -0.25) is 9.59 Å². The number of benzene rings is 2. The van der Waals surface area contributed by atoms with Crippen molar-refractivity contribution >= 4 is 78.1 Å². The molecule has 0 radical (unpaired) electrons. The molecular formula is C21H15BrClN3O5S2. The summed E-state index contributed by atoms with van der Waals surface area (Å²) in [5.74, 6) is -0.818. The maximum atomic E-state index is 12.9. The number of hydrogen-bond acceptors (Lipinski definition) is 6. The zero-order chi connectivity index (χ0) is 23.9. The Morgan fingerprint density at radius 1 is 1.12 bits per heavy atom. The predicted molar refractivity (Wildman–Crippen MR) is 130 cm³/mol. The molecule has 8 nitrogen and oxygen atoms in total. The molecule has 33 heavy (non-hydrogen) atoms. The zero-order valence-electron chi connectivity index (χ0n) is 16.9. The van der Waals surface area contributed by atoms with Crippen molar-refractivity contribution in [1.29, 1.82) is 0 Å². The molecule has 0 aliphatic carbocycles. The smallest absolute Gasteiger partial charge is 0.307 e. The van der Waals surface area contributed by atoms with E-state index in [1.54, 1.807) is 25.1 Å². The number of fused-ring (bicyclic) bond motifs is 1. The summed E-state index contributed by atoms with van der Waals surface area (Å²) < 4.78 is 27.6. The second-order valence-corrected chi connectivity index (χ2v) is 11.6. The number of carbonyl (C=O) groups is 3. The second kappa shape index (κ2) is 8.90. The van der Waals surface area contributed by atoms with E-state index in [2.05, 4.69) is 21.2 Å². The number of carbonyl (C=O) groups excluding carboxylic acids is 3. The summed E-state index contributed by atoms with van der Waals surface area (Å²) in [5.41, 5.74) is 2.28. The number of nitrogens with zero attached hydrogens (tertiary/aromatic N) is 1. The van der Waals surface area contributed by atoms with Crippen LogP contribution >= 0.6 is 38.9 Å². The van der Waals surface area contributed by atoms with Crippen LogP contribution in [0.15, 0.2) is 57.2 Å². The topological polar surface area (TPSA) is 113 Å². The van der Waals surface area contributed by atoms with E-state index in [0.717, 1.165) is 20.7 Å². The molecule has 1 aliphatic rings. The van der Waals surface area contributed by atoms with E-state index in [0.29, 0.717) is 26.7 Å². The summed E-state index contributed by atoms with van der Waals surface area (Å²) >= 11 is 10.1. The number of sulfonamides is 1. The molecule has 2 heterocycles. The Labute approximate surface area is 206 Å². The SMILES string of the molecule is Cc1cc(S(=O)(=O)NC(=O)Nc2ccc(N3C(=O)Cc4ccc(Br)cc4C3=O)cc2)sc1Cl. The number of anilines is 2. The molecule has 4 amide bonds. The fraction of sp³-hybridized carbons (Fsp3) is 0.0952. The van der Waals surface area contributed by atoms with Crippen molar-refractivity contribution < 1.29 is 22.8 Å². The molecule has 0 atom stereocenters. The number of thiophene rings is 1. The molecule has 2 N–H and O–H groups in total. The Hall–Kier alpha value is -2.73. The number of rotatable bonds is 4. The number of aryl methyl sites for hydroxylation is 1. The van der Waals surface area contributed by atoms with Gasteiger partial charge in [0.15, 0.2) is 0 Å². The van der Waals surface area contributed by atoms with Crippen molar-refractivity contribution in [1.82, 2.24) is 4.72 Å². The highest BCUT2D eigenvalue weighted by molar-refractivity contribution is 9.10. The van der Waals surface area contributed by atoms with Gasteiger partial charge in [-0.2, -0.15) is 0 Å². The molecule has 12 heteroatoms. The van der Waals surface area contributed by atoms with Gasteiger partial charge in [0.05, 0.1) is 16.4 Å². The van der Waals surface area contributed by atoms with Gasteiger partial charge in [-0.25, -0.2) is 22.8 Å². The predicted octanol–water partition coefficient (Wildman–Crippen LogP) is 4.71. The van der Waals surface area contributed by atoms with Crippen molar-refractivity contribution in [3.63, 3.8) is 0 Å². The van der Waals surface area contributed by atoms with Gasteiger partial charge in [-0.05, 0) is 60.5 Å². The summed E-state index contributed by atoms with van der Waals surface area (Å²) in [6.45, 7) is 1.66. The van der Waals surface area contributed by atoms with Crippen molar-refractivity contribution in [3.8, 4) is 0 Å². The van der Waals surface area contributed by atoms with Gasteiger partial charge < -0.3 is 5.32 Å². The van der Waals surface area contributed by atoms with Gasteiger partial charge in [0, 0.05) is 15.7 Å². The quantitative estimate of drug-likeness (QED) is 0.443. The lowest BCUT2D eigenvalue weighted by atomic mass is 9.98. The molecule has 0 spiro atoms. The molecule has 0 unspecified atom stereocenters. The minimum Gasteiger partial charge on any atom is -0.307 e. The van der Waals surface area contributed by atoms with Gasteiger partial charge in [0.1, 0.15) is 4.21 Å². The monoisotopic (exact) mass is 567 g/mol. The maximum Gasteiger partial charge on any atom is 0.333 e. The van der Waals surface area contributed by atoms with E-state index in [1.165, 1.54) is 30.3 Å². The van der Waals surface area contributed by atoms with Crippen LogP contribution in [0.1, 0.15) is 21.5 Å². The van der Waals surface area contributed by atoms with Crippen molar-refractivity contribution in [2.24, 2.45) is 0 Å². The molecule has 0 bridgehead atoms. The van der Waals surface area contributed by atoms with Crippen molar-refractivity contribution in [3.05, 3.63) is 74.0 Å². The van der Waals surface area contributed by atoms with Crippen LogP contribution in [0.4, 0.5) is 16.2 Å². The number of halogens is 2. The summed E-state index contributed by atoms with van der Waals surface area (Å²) in [7, 11) is -4.08. The first kappa shape index (κ1) is 23.4. The Balaban J connectivity index is 1.48. The first-order valence-electron chi connectivity index (χ1n) is 9.40. The van der Waals surface area contributed by atoms with E-state index in [1.807, 2.05) is 4.72 Å². The third-order valence-corrected chi connectivity index (χ3v) is 8.66. The van der Waals surface area contributed by atoms with Crippen LogP contribution in [0.25, 0.3) is 0 Å². The summed E-state index contributed by atoms with van der Waals surface area (Å²) in [6, 6.07) is 11.5. The zero-order valence-corrected chi connectivity index (χ0v) is 20.9. The molecule has 4 rings (SSSR count). The number of amides is 4. The van der Waals surface area contributed by atoms with E-state index in [4.69, 9.17) is 11.6 Å². The molecule has 3 aromatic rings. The van der Waals surface area contributed by atoms with E-state index >= 15 is 0 Å². The lowest BCUT2D eigenvalue weighted by molar-refractivity contribution is -0.117. The lowest BCUT2D eigenvalue weighted by Gasteiger charge is -2.27. The van der Waals surface area contributed by atoms with Crippen molar-refractivity contribution in [2.45, 2.75) is 17.6 Å². The Morgan fingerprint density at radius 3 is 2.45 bits per heavy atom. The maximum absolute atomic E-state index is 12.9. The van der Waals surface area contributed by atoms with Crippen LogP contribution in [-0.4, -0.2) is 26.3 Å². The number of nitrogens with one attached hydrogen (secondary N) is 2. The summed E-state index contributed by atoms with van der Waals surface area (Å²) in [5, 5.41) is 2.41. The number of imide groups is 1. The van der Waals surface area contributed by atoms with Crippen LogP contribution in [0.5, 0.6) is 0 Å². The third-order valence-electron chi connectivity index (χ3n) is 4.81. The lowest BCUT2D eigenvalue weighted by Crippen LogP contribution is -2.42. The Kier molecular flexibility index (Phi) is 6.32. The molecule has 0 saturated carbocycles. The van der Waals surface area contributed by atoms with E-state index in [9.17, 15) is 22.8 Å². The van der Waals surface area contributed by atoms with Gasteiger partial charge in [-0.15, -0.1) is 11.3 Å². The minimum absolute atomic E-state index is 0.0791. The first-order chi connectivity index (χ1) is 15.5. The molecule has 1 aliphatic heterocycles. The largest absolute Gasteiger partial charge is 0.333 e. The molecule has 0 saturated heterocycles. The third kappa shape index (κ3) is 4.81. The number of urea groups is 1. The second-order valence-electron chi connectivity index (χ2n) is 7.14. The van der Waals surface area contributed by atoms with Crippen LogP contribution in [0, 0.1) is 6.92 Å². The highest BCUT2D eigenvalue weighted by atomic mass is 79.9. The normalized spacial score (nSPS) is 13.6. The minimum atomic E-state index is -4.08. The highest BCUT2D eigenvalue weighted by Gasteiger charge is 2.32. The molecule has 0 fully saturated rings. The van der Waals surface area contributed by atoms with Gasteiger partial charge in [0.2, 0.25) is 5.91 Å². The fourth-order valence-electron chi connectivity index (χ4n) is 3.23. The highest BCUT2D eigenvalue weighted by Crippen LogP contribution is 2.30. The van der Waals surface area contributed by atoms with Crippen LogP contribution in [0.3, 0.4) is 0 Å².